The van der Waals surface area contributed by atoms with Gasteiger partial charge in [0.1, 0.15) is 5.51 Å². The first-order chi connectivity index (χ1) is 5.58. The van der Waals surface area contributed by atoms with Gasteiger partial charge in [-0.25, -0.2) is 0 Å². The van der Waals surface area contributed by atoms with E-state index in [0.29, 0.717) is 6.54 Å². The average molecular weight is 186 g/mol. The summed E-state index contributed by atoms with van der Waals surface area (Å²) in [6, 6.07) is 0. The standard InChI is InChI=1S/C7H14N4S/c1-7(2,4-8)11(3)6-10-9-5-12-6/h5H,4,8H2,1-3H3. The Hall–Kier alpha value is -0.680. The molecule has 1 aromatic heterocycles. The van der Waals surface area contributed by atoms with Crippen LogP contribution >= 0.6 is 11.3 Å². The fourth-order valence-corrected chi connectivity index (χ4v) is 1.40. The topological polar surface area (TPSA) is 55.0 Å². The van der Waals surface area contributed by atoms with E-state index in [1.807, 2.05) is 11.9 Å². The van der Waals surface area contributed by atoms with Crippen LogP contribution < -0.4 is 10.6 Å². The first-order valence-electron chi connectivity index (χ1n) is 3.78. The molecule has 1 aromatic rings. The maximum absolute atomic E-state index is 5.63. The van der Waals surface area contributed by atoms with E-state index in [1.165, 1.54) is 11.3 Å². The summed E-state index contributed by atoms with van der Waals surface area (Å²) in [7, 11) is 1.98. The largest absolute Gasteiger partial charge is 0.343 e. The van der Waals surface area contributed by atoms with Crippen molar-refractivity contribution in [1.82, 2.24) is 10.2 Å². The summed E-state index contributed by atoms with van der Waals surface area (Å²) in [5, 5.41) is 8.65. The number of hydrogen-bond acceptors (Lipinski definition) is 5. The number of nitrogens with two attached hydrogens (primary N) is 1. The predicted molar refractivity (Wildman–Crippen MR) is 51.4 cm³/mol. The molecule has 0 aromatic carbocycles. The molecule has 0 amide bonds. The highest BCUT2D eigenvalue weighted by molar-refractivity contribution is 7.13. The summed E-state index contributed by atoms with van der Waals surface area (Å²) >= 11 is 1.52. The van der Waals surface area contributed by atoms with Crippen molar-refractivity contribution < 1.29 is 0 Å². The van der Waals surface area contributed by atoms with Crippen LogP contribution in [0.2, 0.25) is 0 Å². The lowest BCUT2D eigenvalue weighted by atomic mass is 10.1. The van der Waals surface area contributed by atoms with Crippen LogP contribution in [-0.2, 0) is 0 Å². The van der Waals surface area contributed by atoms with Crippen molar-refractivity contribution in [3.63, 3.8) is 0 Å². The molecule has 0 unspecified atom stereocenters. The van der Waals surface area contributed by atoms with Crippen molar-refractivity contribution in [2.75, 3.05) is 18.5 Å². The molecule has 0 spiro atoms. The Kier molecular flexibility index (Phi) is 2.64. The Labute approximate surface area is 76.4 Å². The van der Waals surface area contributed by atoms with Gasteiger partial charge >= 0.3 is 0 Å². The van der Waals surface area contributed by atoms with Crippen molar-refractivity contribution in [1.29, 1.82) is 0 Å². The smallest absolute Gasteiger partial charge is 0.208 e. The molecule has 0 aliphatic carbocycles. The minimum atomic E-state index is -0.0560. The molecular formula is C7H14N4S. The number of nitrogens with zero attached hydrogens (tertiary/aromatic N) is 3. The third-order valence-electron chi connectivity index (χ3n) is 2.04. The lowest BCUT2D eigenvalue weighted by molar-refractivity contribution is 0.497. The summed E-state index contributed by atoms with van der Waals surface area (Å²) in [6.07, 6.45) is 0. The molecule has 0 atom stereocenters. The normalized spacial score (nSPS) is 11.7. The van der Waals surface area contributed by atoms with Crippen LogP contribution in [0.1, 0.15) is 13.8 Å². The first-order valence-corrected chi connectivity index (χ1v) is 4.66. The van der Waals surface area contributed by atoms with E-state index < -0.39 is 0 Å². The van der Waals surface area contributed by atoms with Crippen LogP contribution in [-0.4, -0.2) is 29.3 Å². The van der Waals surface area contributed by atoms with Gasteiger partial charge in [-0.3, -0.25) is 0 Å². The number of aromatic nitrogens is 2. The molecule has 0 aliphatic heterocycles. The van der Waals surface area contributed by atoms with Crippen LogP contribution in [0.3, 0.4) is 0 Å². The number of rotatable bonds is 3. The van der Waals surface area contributed by atoms with Gasteiger partial charge in [0.05, 0.1) is 0 Å². The lowest BCUT2D eigenvalue weighted by Crippen LogP contribution is -2.47. The van der Waals surface area contributed by atoms with Crippen molar-refractivity contribution in [2.45, 2.75) is 19.4 Å². The second-order valence-electron chi connectivity index (χ2n) is 3.30. The van der Waals surface area contributed by atoms with Crippen LogP contribution in [0.5, 0.6) is 0 Å². The molecule has 0 bridgehead atoms. The van der Waals surface area contributed by atoms with Gasteiger partial charge in [0.15, 0.2) is 0 Å². The molecule has 68 valence electrons. The van der Waals surface area contributed by atoms with Crippen LogP contribution in [0.4, 0.5) is 5.13 Å². The predicted octanol–water partition coefficient (Wildman–Crippen LogP) is 0.712. The third-order valence-corrected chi connectivity index (χ3v) is 2.81. The third kappa shape index (κ3) is 1.73. The molecule has 4 nitrogen and oxygen atoms in total. The van der Waals surface area contributed by atoms with Crippen molar-refractivity contribution in [3.05, 3.63) is 5.51 Å². The van der Waals surface area contributed by atoms with Gasteiger partial charge in [0, 0.05) is 19.1 Å². The highest BCUT2D eigenvalue weighted by Crippen LogP contribution is 2.21. The number of hydrogen-bond donors (Lipinski definition) is 1. The quantitative estimate of drug-likeness (QED) is 0.755. The fraction of sp³-hybridized carbons (Fsp3) is 0.714. The molecule has 0 radical (unpaired) electrons. The van der Waals surface area contributed by atoms with Gasteiger partial charge in [-0.1, -0.05) is 11.3 Å². The summed E-state index contributed by atoms with van der Waals surface area (Å²) in [6.45, 7) is 4.76. The maximum Gasteiger partial charge on any atom is 0.208 e. The molecular weight excluding hydrogens is 172 g/mol. The van der Waals surface area contributed by atoms with Gasteiger partial charge in [0.25, 0.3) is 0 Å². The summed E-state index contributed by atoms with van der Waals surface area (Å²) in [5.74, 6) is 0. The van der Waals surface area contributed by atoms with E-state index in [1.54, 1.807) is 5.51 Å². The number of anilines is 1. The van der Waals surface area contributed by atoms with Gasteiger partial charge in [-0.2, -0.15) is 0 Å². The zero-order valence-corrected chi connectivity index (χ0v) is 8.43. The molecule has 0 saturated carbocycles. The minimum absolute atomic E-state index is 0.0560. The summed E-state index contributed by atoms with van der Waals surface area (Å²) < 4.78 is 0. The molecule has 0 saturated heterocycles. The highest BCUT2D eigenvalue weighted by Gasteiger charge is 2.23. The highest BCUT2D eigenvalue weighted by atomic mass is 32.1. The van der Waals surface area contributed by atoms with Gasteiger partial charge in [0.2, 0.25) is 5.13 Å². The fourth-order valence-electron chi connectivity index (χ4n) is 0.709. The van der Waals surface area contributed by atoms with Crippen LogP contribution in [0.15, 0.2) is 5.51 Å². The van der Waals surface area contributed by atoms with E-state index in [0.717, 1.165) is 5.13 Å². The van der Waals surface area contributed by atoms with Crippen molar-refractivity contribution in [3.8, 4) is 0 Å². The average Bonchev–Trinajstić information content (AvgIpc) is 2.55. The summed E-state index contributed by atoms with van der Waals surface area (Å²) in [5.41, 5.74) is 7.29. The first kappa shape index (κ1) is 9.41. The van der Waals surface area contributed by atoms with Crippen molar-refractivity contribution >= 4 is 16.5 Å². The molecule has 1 heterocycles. The van der Waals surface area contributed by atoms with E-state index >= 15 is 0 Å². The van der Waals surface area contributed by atoms with E-state index in [9.17, 15) is 0 Å². The zero-order chi connectivity index (χ0) is 9.19. The van der Waals surface area contributed by atoms with E-state index in [-0.39, 0.29) is 5.54 Å². The van der Waals surface area contributed by atoms with E-state index in [4.69, 9.17) is 5.73 Å². The van der Waals surface area contributed by atoms with Gasteiger partial charge in [-0.05, 0) is 13.8 Å². The molecule has 0 aliphatic rings. The summed E-state index contributed by atoms with van der Waals surface area (Å²) in [4.78, 5) is 2.05. The zero-order valence-electron chi connectivity index (χ0n) is 7.61. The van der Waals surface area contributed by atoms with E-state index in [2.05, 4.69) is 24.0 Å². The Morgan fingerprint density at radius 3 is 2.75 bits per heavy atom. The van der Waals surface area contributed by atoms with Crippen molar-refractivity contribution in [2.24, 2.45) is 5.73 Å². The molecule has 1 rings (SSSR count). The second-order valence-corrected chi connectivity index (χ2v) is 4.11. The number of likely N-dealkylation sites (N-methyl/N-ethyl adjacent to an activating group) is 1. The second kappa shape index (κ2) is 3.37. The van der Waals surface area contributed by atoms with Gasteiger partial charge < -0.3 is 10.6 Å². The Morgan fingerprint density at radius 1 is 1.67 bits per heavy atom. The van der Waals surface area contributed by atoms with Crippen LogP contribution in [0, 0.1) is 0 Å². The molecule has 0 fully saturated rings. The Bertz CT molecular complexity index is 232. The molecule has 12 heavy (non-hydrogen) atoms. The molecule has 2 N–H and O–H groups in total. The minimum Gasteiger partial charge on any atom is -0.343 e. The SMILES string of the molecule is CN(c1nncs1)C(C)(C)CN. The van der Waals surface area contributed by atoms with Gasteiger partial charge in [-0.15, -0.1) is 10.2 Å². The Morgan fingerprint density at radius 2 is 2.33 bits per heavy atom. The molecule has 5 heteroatoms. The monoisotopic (exact) mass is 186 g/mol. The lowest BCUT2D eigenvalue weighted by Gasteiger charge is -2.33. The maximum atomic E-state index is 5.63. The van der Waals surface area contributed by atoms with Crippen LogP contribution in [0.25, 0.3) is 0 Å². The Balaban J connectivity index is 2.78.